The Morgan fingerprint density at radius 1 is 1.18 bits per heavy atom. The number of primary sulfonamides is 1. The summed E-state index contributed by atoms with van der Waals surface area (Å²) < 4.78 is 30.6. The van der Waals surface area contributed by atoms with E-state index in [2.05, 4.69) is 4.99 Å². The van der Waals surface area contributed by atoms with Gasteiger partial charge in [0.1, 0.15) is 16.3 Å². The van der Waals surface area contributed by atoms with Gasteiger partial charge in [0.25, 0.3) is 0 Å². The first-order valence-corrected chi connectivity index (χ1v) is 10.7. The van der Waals surface area contributed by atoms with Gasteiger partial charge >= 0.3 is 0 Å². The van der Waals surface area contributed by atoms with E-state index in [1.807, 2.05) is 17.0 Å². The first-order valence-electron chi connectivity index (χ1n) is 7.56. The lowest BCUT2D eigenvalue weighted by Gasteiger charge is -2.07. The molecule has 150 valence electrons. The van der Waals surface area contributed by atoms with Crippen molar-refractivity contribution in [1.82, 2.24) is 4.57 Å². The Morgan fingerprint density at radius 3 is 2.54 bits per heavy atom. The SMILES string of the molecule is COc1cc(Cl)ccc1/N=c1/scc(-c2ccc(Cl)c(S(N)(=O)=O)c2)n1C.Cl. The fourth-order valence-electron chi connectivity index (χ4n) is 2.46. The number of ether oxygens (including phenoxy) is 1. The van der Waals surface area contributed by atoms with Crippen LogP contribution in [0.15, 0.2) is 51.7 Å². The van der Waals surface area contributed by atoms with Crippen LogP contribution in [0, 0.1) is 0 Å². The number of rotatable bonds is 4. The highest BCUT2D eigenvalue weighted by Crippen LogP contribution is 2.31. The molecule has 0 radical (unpaired) electrons. The highest BCUT2D eigenvalue weighted by Gasteiger charge is 2.15. The molecule has 0 saturated carbocycles. The zero-order valence-electron chi connectivity index (χ0n) is 14.7. The van der Waals surface area contributed by atoms with Gasteiger partial charge in [-0.1, -0.05) is 29.3 Å². The molecule has 0 unspecified atom stereocenters. The van der Waals surface area contributed by atoms with Crippen LogP contribution in [0.5, 0.6) is 5.75 Å². The standard InChI is InChI=1S/C17H15Cl2N3O3S2.ClH/c1-22-14(10-3-5-12(19)16(7-10)27(20,23)24)9-26-17(22)21-13-6-4-11(18)8-15(13)25-2;/h3-9H,1-2H3,(H2,20,23,24);1H/b21-17+;. The van der Waals surface area contributed by atoms with Gasteiger partial charge in [0.15, 0.2) is 4.80 Å². The van der Waals surface area contributed by atoms with Crippen LogP contribution in [0.2, 0.25) is 10.0 Å². The van der Waals surface area contributed by atoms with Crippen LogP contribution in [0.3, 0.4) is 0 Å². The Balaban J connectivity index is 0.00000280. The maximum Gasteiger partial charge on any atom is 0.239 e. The first-order chi connectivity index (χ1) is 12.7. The molecule has 0 fully saturated rings. The van der Waals surface area contributed by atoms with E-state index in [4.69, 9.17) is 33.1 Å². The molecule has 1 aromatic heterocycles. The van der Waals surface area contributed by atoms with Gasteiger partial charge in [-0.3, -0.25) is 0 Å². The minimum absolute atomic E-state index is 0. The highest BCUT2D eigenvalue weighted by molar-refractivity contribution is 7.89. The lowest BCUT2D eigenvalue weighted by molar-refractivity contribution is 0.416. The Morgan fingerprint density at radius 2 is 1.89 bits per heavy atom. The minimum Gasteiger partial charge on any atom is -0.494 e. The van der Waals surface area contributed by atoms with Crippen LogP contribution in [-0.4, -0.2) is 20.1 Å². The summed E-state index contributed by atoms with van der Waals surface area (Å²) in [6, 6.07) is 9.87. The van der Waals surface area contributed by atoms with Crippen molar-refractivity contribution in [2.75, 3.05) is 7.11 Å². The number of hydrogen-bond acceptors (Lipinski definition) is 5. The Labute approximate surface area is 182 Å². The van der Waals surface area contributed by atoms with E-state index >= 15 is 0 Å². The molecule has 0 atom stereocenters. The summed E-state index contributed by atoms with van der Waals surface area (Å²) in [6.07, 6.45) is 0. The predicted octanol–water partition coefficient (Wildman–Crippen LogP) is 4.37. The van der Waals surface area contributed by atoms with Crippen LogP contribution >= 0.6 is 46.9 Å². The van der Waals surface area contributed by atoms with E-state index in [1.54, 1.807) is 31.4 Å². The topological polar surface area (TPSA) is 86.7 Å². The summed E-state index contributed by atoms with van der Waals surface area (Å²) in [6.45, 7) is 0. The van der Waals surface area contributed by atoms with Crippen molar-refractivity contribution in [3.63, 3.8) is 0 Å². The quantitative estimate of drug-likeness (QED) is 0.601. The number of sulfonamides is 1. The third-order valence-electron chi connectivity index (χ3n) is 3.82. The number of benzene rings is 2. The largest absolute Gasteiger partial charge is 0.494 e. The predicted molar refractivity (Wildman–Crippen MR) is 116 cm³/mol. The molecule has 2 aromatic carbocycles. The van der Waals surface area contributed by atoms with Gasteiger partial charge in [-0.2, -0.15) is 0 Å². The van der Waals surface area contributed by atoms with Gasteiger partial charge in [0.2, 0.25) is 10.0 Å². The van der Waals surface area contributed by atoms with Crippen molar-refractivity contribution in [2.45, 2.75) is 4.90 Å². The Bertz CT molecular complexity index is 1190. The van der Waals surface area contributed by atoms with Gasteiger partial charge < -0.3 is 9.30 Å². The van der Waals surface area contributed by atoms with Crippen LogP contribution in [0.25, 0.3) is 11.3 Å². The Kier molecular flexibility index (Phi) is 7.19. The van der Waals surface area contributed by atoms with Crippen molar-refractivity contribution >= 4 is 62.7 Å². The van der Waals surface area contributed by atoms with Gasteiger partial charge in [0, 0.05) is 29.1 Å². The molecule has 0 aliphatic rings. The minimum atomic E-state index is -3.92. The number of methoxy groups -OCH3 is 1. The lowest BCUT2D eigenvalue weighted by atomic mass is 10.2. The second-order valence-electron chi connectivity index (χ2n) is 5.58. The number of nitrogens with zero attached hydrogens (tertiary/aromatic N) is 2. The summed E-state index contributed by atoms with van der Waals surface area (Å²) in [5.41, 5.74) is 2.06. The van der Waals surface area contributed by atoms with Crippen molar-refractivity contribution in [3.8, 4) is 17.0 Å². The molecule has 3 aromatic rings. The van der Waals surface area contributed by atoms with Crippen LogP contribution in [0.4, 0.5) is 5.69 Å². The Hall–Kier alpha value is -1.55. The molecule has 11 heteroatoms. The smallest absolute Gasteiger partial charge is 0.239 e. The molecule has 0 amide bonds. The fourth-order valence-corrected chi connectivity index (χ4v) is 4.61. The molecule has 6 nitrogen and oxygen atoms in total. The van der Waals surface area contributed by atoms with Gasteiger partial charge in [-0.15, -0.1) is 23.7 Å². The zero-order chi connectivity index (χ0) is 19.8. The zero-order valence-corrected chi connectivity index (χ0v) is 18.7. The second-order valence-corrected chi connectivity index (χ2v) is 8.79. The molecule has 0 aliphatic carbocycles. The lowest BCUT2D eigenvalue weighted by Crippen LogP contribution is -2.14. The van der Waals surface area contributed by atoms with Crippen LogP contribution < -0.4 is 14.7 Å². The first kappa shape index (κ1) is 22.7. The van der Waals surface area contributed by atoms with Crippen molar-refractivity contribution in [2.24, 2.45) is 17.2 Å². The summed E-state index contributed by atoms with van der Waals surface area (Å²) in [5, 5.41) is 7.74. The summed E-state index contributed by atoms with van der Waals surface area (Å²) in [5.74, 6) is 0.556. The van der Waals surface area contributed by atoms with E-state index in [-0.39, 0.29) is 22.3 Å². The average molecular weight is 481 g/mol. The third-order valence-corrected chi connectivity index (χ3v) is 6.36. The van der Waals surface area contributed by atoms with Crippen molar-refractivity contribution in [1.29, 1.82) is 0 Å². The molecule has 3 rings (SSSR count). The maximum absolute atomic E-state index is 11.7. The summed E-state index contributed by atoms with van der Waals surface area (Å²) >= 11 is 13.3. The highest BCUT2D eigenvalue weighted by atomic mass is 35.5. The molecule has 0 bridgehead atoms. The van der Waals surface area contributed by atoms with Gasteiger partial charge in [-0.05, 0) is 24.3 Å². The number of nitrogens with two attached hydrogens (primary N) is 1. The molecule has 0 spiro atoms. The average Bonchev–Trinajstić information content (AvgIpc) is 2.96. The second kappa shape index (κ2) is 8.86. The third kappa shape index (κ3) is 4.71. The van der Waals surface area contributed by atoms with Crippen LogP contribution in [-0.2, 0) is 17.1 Å². The van der Waals surface area contributed by atoms with E-state index in [1.165, 1.54) is 23.5 Å². The maximum atomic E-state index is 11.7. The van der Waals surface area contributed by atoms with Gasteiger partial charge in [-0.25, -0.2) is 18.5 Å². The normalized spacial score (nSPS) is 12.0. The number of aromatic nitrogens is 1. The monoisotopic (exact) mass is 479 g/mol. The van der Waals surface area contributed by atoms with Crippen molar-refractivity contribution < 1.29 is 13.2 Å². The van der Waals surface area contributed by atoms with Crippen LogP contribution in [0.1, 0.15) is 0 Å². The molecule has 0 saturated heterocycles. The molecular weight excluding hydrogens is 465 g/mol. The molecule has 1 heterocycles. The van der Waals surface area contributed by atoms with Crippen molar-refractivity contribution in [3.05, 3.63) is 56.6 Å². The molecule has 2 N–H and O–H groups in total. The summed E-state index contributed by atoms with van der Waals surface area (Å²) in [7, 11) is -0.542. The molecule has 0 aliphatic heterocycles. The van der Waals surface area contributed by atoms with Gasteiger partial charge in [0.05, 0.1) is 17.8 Å². The number of halogens is 3. The van der Waals surface area contributed by atoms with E-state index < -0.39 is 10.0 Å². The fraction of sp³-hybridized carbons (Fsp3) is 0.118. The molecular formula is C17H16Cl3N3O3S2. The molecule has 28 heavy (non-hydrogen) atoms. The number of hydrogen-bond donors (Lipinski definition) is 1. The number of thiazole rings is 1. The van der Waals surface area contributed by atoms with E-state index in [9.17, 15) is 8.42 Å². The summed E-state index contributed by atoms with van der Waals surface area (Å²) in [4.78, 5) is 5.19. The van der Waals surface area contributed by atoms with E-state index in [0.29, 0.717) is 26.8 Å². The van der Waals surface area contributed by atoms with E-state index in [0.717, 1.165) is 5.69 Å².